The van der Waals surface area contributed by atoms with Crippen LogP contribution >= 0.6 is 22.9 Å². The van der Waals surface area contributed by atoms with Gasteiger partial charge in [0.2, 0.25) is 0 Å². The largest absolute Gasteiger partial charge is 0.314 e. The van der Waals surface area contributed by atoms with Crippen LogP contribution in [0.4, 0.5) is 11.5 Å². The van der Waals surface area contributed by atoms with Crippen LogP contribution < -0.4 is 4.90 Å². The highest BCUT2D eigenvalue weighted by atomic mass is 35.5. The molecule has 1 aromatic carbocycles. The lowest BCUT2D eigenvalue weighted by atomic mass is 10.1. The highest BCUT2D eigenvalue weighted by molar-refractivity contribution is 7.13. The van der Waals surface area contributed by atoms with E-state index in [4.69, 9.17) is 21.6 Å². The smallest absolute Gasteiger partial charge is 0.165 e. The number of aromatic amines is 1. The molecule has 0 aliphatic carbocycles. The molecule has 6 rings (SSSR count). The molecule has 5 aromatic rings. The lowest BCUT2D eigenvalue weighted by Gasteiger charge is -2.37. The van der Waals surface area contributed by atoms with Gasteiger partial charge >= 0.3 is 0 Å². The van der Waals surface area contributed by atoms with E-state index in [2.05, 4.69) is 37.2 Å². The SMILES string of the molecule is CC[C@H]1c2nnc(C)n2-c2cnc(-c3cn[nH]c3-c3nccs3)nc2N1c1ccc(Cl)cc1. The van der Waals surface area contributed by atoms with Crippen molar-refractivity contribution >= 4 is 34.4 Å². The number of hydrogen-bond acceptors (Lipinski definition) is 8. The zero-order valence-corrected chi connectivity index (χ0v) is 19.3. The van der Waals surface area contributed by atoms with E-state index in [0.29, 0.717) is 10.8 Å². The predicted molar refractivity (Wildman–Crippen MR) is 127 cm³/mol. The van der Waals surface area contributed by atoms with E-state index < -0.39 is 0 Å². The number of aryl methyl sites for hydroxylation is 1. The molecule has 164 valence electrons. The maximum Gasteiger partial charge on any atom is 0.165 e. The number of H-pyrrole nitrogens is 1. The molecule has 33 heavy (non-hydrogen) atoms. The molecule has 1 aliphatic heterocycles. The van der Waals surface area contributed by atoms with Crippen molar-refractivity contribution in [2.24, 2.45) is 0 Å². The number of halogens is 1. The third kappa shape index (κ3) is 3.13. The second-order valence-corrected chi connectivity index (χ2v) is 8.94. The van der Waals surface area contributed by atoms with Crippen molar-refractivity contribution in [1.82, 2.24) is 39.9 Å². The summed E-state index contributed by atoms with van der Waals surface area (Å²) in [4.78, 5) is 16.3. The lowest BCUT2D eigenvalue weighted by Crippen LogP contribution is -2.32. The van der Waals surface area contributed by atoms with Gasteiger partial charge in [-0.2, -0.15) is 5.10 Å². The van der Waals surface area contributed by atoms with E-state index in [-0.39, 0.29) is 6.04 Å². The van der Waals surface area contributed by atoms with E-state index in [1.54, 1.807) is 12.4 Å². The fraction of sp³-hybridized carbons (Fsp3) is 0.182. The van der Waals surface area contributed by atoms with Crippen molar-refractivity contribution in [3.63, 3.8) is 0 Å². The number of anilines is 2. The Hall–Kier alpha value is -3.63. The molecule has 0 fully saturated rings. The van der Waals surface area contributed by atoms with E-state index in [0.717, 1.165) is 51.5 Å². The molecule has 11 heteroatoms. The molecule has 0 unspecified atom stereocenters. The third-order valence-electron chi connectivity index (χ3n) is 5.70. The van der Waals surface area contributed by atoms with Crippen LogP contribution in [-0.4, -0.2) is 39.9 Å². The van der Waals surface area contributed by atoms with Gasteiger partial charge in [0.15, 0.2) is 17.5 Å². The number of rotatable bonds is 4. The monoisotopic (exact) mass is 475 g/mol. The summed E-state index contributed by atoms with van der Waals surface area (Å²) in [6, 6.07) is 7.70. The van der Waals surface area contributed by atoms with Crippen LogP contribution in [0, 0.1) is 6.92 Å². The van der Waals surface area contributed by atoms with Crippen molar-refractivity contribution in [2.75, 3.05) is 4.90 Å². The summed E-state index contributed by atoms with van der Waals surface area (Å²) >= 11 is 7.71. The Morgan fingerprint density at radius 1 is 1.12 bits per heavy atom. The topological polar surface area (TPSA) is 101 Å². The number of nitrogens with zero attached hydrogens (tertiary/aromatic N) is 8. The minimum absolute atomic E-state index is 0.0505. The summed E-state index contributed by atoms with van der Waals surface area (Å²) in [6.45, 7) is 4.07. The Kier molecular flexibility index (Phi) is 4.70. The highest BCUT2D eigenvalue weighted by Gasteiger charge is 2.36. The van der Waals surface area contributed by atoms with Crippen LogP contribution in [0.1, 0.15) is 31.0 Å². The maximum atomic E-state index is 6.18. The van der Waals surface area contributed by atoms with Gasteiger partial charge in [-0.05, 0) is 37.6 Å². The maximum absolute atomic E-state index is 6.18. The molecule has 0 radical (unpaired) electrons. The standard InChI is InChI=1S/C22H18ClN9S/c1-3-16-21-30-28-12(2)31(21)17-11-25-19(15-10-26-29-18(15)22-24-8-9-33-22)27-20(17)32(16)14-6-4-13(23)5-7-14/h4-11,16H,3H2,1-2H3,(H,26,29)/t16-/m0/s1. The second-order valence-electron chi connectivity index (χ2n) is 7.61. The minimum atomic E-state index is -0.0505. The first-order valence-corrected chi connectivity index (χ1v) is 11.7. The minimum Gasteiger partial charge on any atom is -0.314 e. The Labute approximate surface area is 198 Å². The summed E-state index contributed by atoms with van der Waals surface area (Å²) in [6.07, 6.45) is 6.14. The number of thiazole rings is 1. The molecular weight excluding hydrogens is 458 g/mol. The normalized spacial score (nSPS) is 14.9. The number of hydrogen-bond donors (Lipinski definition) is 1. The van der Waals surface area contributed by atoms with Gasteiger partial charge in [0.25, 0.3) is 0 Å². The molecule has 1 atom stereocenters. The number of fused-ring (bicyclic) bond motifs is 3. The fourth-order valence-corrected chi connectivity index (χ4v) is 4.99. The first kappa shape index (κ1) is 20.0. The Balaban J connectivity index is 1.58. The zero-order chi connectivity index (χ0) is 22.5. The van der Waals surface area contributed by atoms with Gasteiger partial charge in [-0.3, -0.25) is 9.67 Å². The van der Waals surface area contributed by atoms with Crippen molar-refractivity contribution in [3.8, 4) is 27.8 Å². The molecule has 1 N–H and O–H groups in total. The first-order valence-electron chi connectivity index (χ1n) is 10.4. The summed E-state index contributed by atoms with van der Waals surface area (Å²) in [5.41, 5.74) is 3.39. The van der Waals surface area contributed by atoms with E-state index in [1.807, 2.05) is 47.3 Å². The second kappa shape index (κ2) is 7.75. The molecule has 4 aromatic heterocycles. The van der Waals surface area contributed by atoms with E-state index in [1.165, 1.54) is 11.3 Å². The van der Waals surface area contributed by atoms with Crippen LogP contribution in [-0.2, 0) is 0 Å². The Morgan fingerprint density at radius 3 is 2.73 bits per heavy atom. The zero-order valence-electron chi connectivity index (χ0n) is 17.8. The lowest BCUT2D eigenvalue weighted by molar-refractivity contribution is 0.588. The molecule has 0 saturated heterocycles. The molecule has 5 heterocycles. The van der Waals surface area contributed by atoms with Gasteiger partial charge in [-0.15, -0.1) is 21.5 Å². The quantitative estimate of drug-likeness (QED) is 0.384. The van der Waals surface area contributed by atoms with Crippen LogP contribution in [0.3, 0.4) is 0 Å². The Morgan fingerprint density at radius 2 is 1.97 bits per heavy atom. The van der Waals surface area contributed by atoms with E-state index in [9.17, 15) is 0 Å². The summed E-state index contributed by atoms with van der Waals surface area (Å²) < 4.78 is 2.04. The average molecular weight is 476 g/mol. The molecule has 9 nitrogen and oxygen atoms in total. The first-order chi connectivity index (χ1) is 16.2. The van der Waals surface area contributed by atoms with Gasteiger partial charge < -0.3 is 4.90 Å². The third-order valence-corrected chi connectivity index (χ3v) is 6.74. The van der Waals surface area contributed by atoms with Gasteiger partial charge in [-0.25, -0.2) is 15.0 Å². The molecule has 0 bridgehead atoms. The van der Waals surface area contributed by atoms with Gasteiger partial charge in [0.1, 0.15) is 22.2 Å². The molecule has 0 spiro atoms. The van der Waals surface area contributed by atoms with Gasteiger partial charge in [0.05, 0.1) is 24.0 Å². The average Bonchev–Trinajstić information content (AvgIpc) is 3.59. The summed E-state index contributed by atoms with van der Waals surface area (Å²) in [5.74, 6) is 3.00. The van der Waals surface area contributed by atoms with Gasteiger partial charge in [-0.1, -0.05) is 18.5 Å². The van der Waals surface area contributed by atoms with E-state index >= 15 is 0 Å². The number of nitrogens with one attached hydrogen (secondary N) is 1. The van der Waals surface area contributed by atoms with Crippen LogP contribution in [0.25, 0.3) is 27.8 Å². The molecule has 1 aliphatic rings. The molecule has 0 saturated carbocycles. The Bertz CT molecular complexity index is 1440. The number of benzene rings is 1. The summed E-state index contributed by atoms with van der Waals surface area (Å²) in [7, 11) is 0. The fourth-order valence-electron chi connectivity index (χ4n) is 4.22. The van der Waals surface area contributed by atoms with Crippen molar-refractivity contribution < 1.29 is 0 Å². The van der Waals surface area contributed by atoms with Crippen LogP contribution in [0.2, 0.25) is 5.02 Å². The molecule has 0 amide bonds. The van der Waals surface area contributed by atoms with Crippen molar-refractivity contribution in [1.29, 1.82) is 0 Å². The predicted octanol–water partition coefficient (Wildman–Crippen LogP) is 5.14. The number of aromatic nitrogens is 8. The van der Waals surface area contributed by atoms with Crippen molar-refractivity contribution in [2.45, 2.75) is 26.3 Å². The van der Waals surface area contributed by atoms with Crippen molar-refractivity contribution in [3.05, 3.63) is 64.9 Å². The summed E-state index contributed by atoms with van der Waals surface area (Å²) in [5, 5.41) is 19.6. The van der Waals surface area contributed by atoms with Gasteiger partial charge in [0, 0.05) is 22.3 Å². The highest BCUT2D eigenvalue weighted by Crippen LogP contribution is 2.44. The van der Waals surface area contributed by atoms with Crippen LogP contribution in [0.15, 0.2) is 48.2 Å². The molecular formula is C22H18ClN9S. The van der Waals surface area contributed by atoms with Crippen LogP contribution in [0.5, 0.6) is 0 Å².